The van der Waals surface area contributed by atoms with Crippen molar-refractivity contribution in [3.05, 3.63) is 51.2 Å². The fourth-order valence-corrected chi connectivity index (χ4v) is 2.93. The van der Waals surface area contributed by atoms with Gasteiger partial charge >= 0.3 is 0 Å². The number of thiazole rings is 1. The topological polar surface area (TPSA) is 24.9 Å². The molecule has 0 bridgehead atoms. The summed E-state index contributed by atoms with van der Waals surface area (Å²) >= 11 is 1.66. The van der Waals surface area contributed by atoms with Crippen LogP contribution in [0.4, 0.5) is 4.39 Å². The van der Waals surface area contributed by atoms with E-state index in [4.69, 9.17) is 0 Å². The van der Waals surface area contributed by atoms with Gasteiger partial charge in [-0.25, -0.2) is 9.37 Å². The third-order valence-electron chi connectivity index (χ3n) is 3.34. The number of benzene rings is 1. The largest absolute Gasteiger partial charge is 0.310 e. The van der Waals surface area contributed by atoms with E-state index >= 15 is 0 Å². The van der Waals surface area contributed by atoms with Crippen LogP contribution in [0.25, 0.3) is 0 Å². The standard InChI is InChI=1S/C16H21FN2S/c1-4-7-18-16(9-14-10-20-12(3)19-14)15-8-13(17)6-5-11(15)2/h5-6,8,10,16,18H,4,7,9H2,1-3H3. The van der Waals surface area contributed by atoms with Crippen LogP contribution >= 0.6 is 11.3 Å². The highest BCUT2D eigenvalue weighted by Crippen LogP contribution is 2.23. The van der Waals surface area contributed by atoms with Crippen LogP contribution in [0.3, 0.4) is 0 Å². The van der Waals surface area contributed by atoms with E-state index in [0.717, 1.165) is 41.2 Å². The Bertz CT molecular complexity index is 565. The summed E-state index contributed by atoms with van der Waals surface area (Å²) in [6.07, 6.45) is 1.86. The van der Waals surface area contributed by atoms with Crippen LogP contribution in [-0.4, -0.2) is 11.5 Å². The molecule has 1 aromatic heterocycles. The van der Waals surface area contributed by atoms with Gasteiger partial charge < -0.3 is 5.32 Å². The maximum absolute atomic E-state index is 13.5. The second-order valence-electron chi connectivity index (χ2n) is 5.07. The van der Waals surface area contributed by atoms with Crippen LogP contribution < -0.4 is 5.32 Å². The van der Waals surface area contributed by atoms with Crippen molar-refractivity contribution < 1.29 is 4.39 Å². The number of rotatable bonds is 6. The number of nitrogens with one attached hydrogen (secondary N) is 1. The molecule has 1 heterocycles. The van der Waals surface area contributed by atoms with Crippen molar-refractivity contribution in [3.63, 3.8) is 0 Å². The highest BCUT2D eigenvalue weighted by atomic mass is 32.1. The summed E-state index contributed by atoms with van der Waals surface area (Å²) in [6, 6.07) is 5.12. The lowest BCUT2D eigenvalue weighted by Crippen LogP contribution is -2.25. The molecule has 2 nitrogen and oxygen atoms in total. The summed E-state index contributed by atoms with van der Waals surface area (Å²) in [5.41, 5.74) is 3.22. The van der Waals surface area contributed by atoms with Crippen LogP contribution in [0, 0.1) is 19.7 Å². The average Bonchev–Trinajstić information content (AvgIpc) is 2.83. The highest BCUT2D eigenvalue weighted by molar-refractivity contribution is 7.09. The second-order valence-corrected chi connectivity index (χ2v) is 6.13. The Morgan fingerprint density at radius 2 is 2.15 bits per heavy atom. The molecular weight excluding hydrogens is 271 g/mol. The Morgan fingerprint density at radius 1 is 1.35 bits per heavy atom. The predicted molar refractivity (Wildman–Crippen MR) is 82.7 cm³/mol. The first-order valence-corrected chi connectivity index (χ1v) is 7.88. The fourth-order valence-electron chi connectivity index (χ4n) is 2.31. The molecule has 0 aliphatic rings. The van der Waals surface area contributed by atoms with Gasteiger partial charge in [0.1, 0.15) is 5.82 Å². The van der Waals surface area contributed by atoms with Gasteiger partial charge in [-0.1, -0.05) is 13.0 Å². The van der Waals surface area contributed by atoms with Crippen molar-refractivity contribution in [2.24, 2.45) is 0 Å². The molecule has 0 aliphatic heterocycles. The van der Waals surface area contributed by atoms with Crippen molar-refractivity contribution in [2.75, 3.05) is 6.54 Å². The minimum atomic E-state index is -0.177. The monoisotopic (exact) mass is 292 g/mol. The first-order valence-electron chi connectivity index (χ1n) is 7.00. The zero-order valence-corrected chi connectivity index (χ0v) is 13.1. The van der Waals surface area contributed by atoms with Crippen LogP contribution in [0.5, 0.6) is 0 Å². The number of hydrogen-bond donors (Lipinski definition) is 1. The van der Waals surface area contributed by atoms with E-state index in [1.54, 1.807) is 17.4 Å². The minimum absolute atomic E-state index is 0.118. The van der Waals surface area contributed by atoms with Crippen LogP contribution in [-0.2, 0) is 6.42 Å². The Hall–Kier alpha value is -1.26. The Morgan fingerprint density at radius 3 is 2.80 bits per heavy atom. The average molecular weight is 292 g/mol. The molecule has 1 atom stereocenters. The molecule has 0 aliphatic carbocycles. The van der Waals surface area contributed by atoms with Gasteiger partial charge in [0, 0.05) is 17.8 Å². The number of halogens is 1. The van der Waals surface area contributed by atoms with Crippen molar-refractivity contribution >= 4 is 11.3 Å². The summed E-state index contributed by atoms with van der Waals surface area (Å²) in [7, 11) is 0. The van der Waals surface area contributed by atoms with E-state index in [0.29, 0.717) is 0 Å². The van der Waals surface area contributed by atoms with E-state index in [-0.39, 0.29) is 11.9 Å². The fraction of sp³-hybridized carbons (Fsp3) is 0.438. The number of aromatic nitrogens is 1. The smallest absolute Gasteiger partial charge is 0.123 e. The second kappa shape index (κ2) is 6.95. The van der Waals surface area contributed by atoms with Crippen molar-refractivity contribution in [1.82, 2.24) is 10.3 Å². The minimum Gasteiger partial charge on any atom is -0.310 e. The van der Waals surface area contributed by atoms with Gasteiger partial charge in [-0.3, -0.25) is 0 Å². The molecule has 2 rings (SSSR count). The van der Waals surface area contributed by atoms with E-state index < -0.39 is 0 Å². The van der Waals surface area contributed by atoms with Gasteiger partial charge in [-0.05, 0) is 50.1 Å². The molecule has 1 N–H and O–H groups in total. The lowest BCUT2D eigenvalue weighted by molar-refractivity contribution is 0.518. The van der Waals surface area contributed by atoms with Crippen LogP contribution in [0.2, 0.25) is 0 Å². The summed E-state index contributed by atoms with van der Waals surface area (Å²) in [6.45, 7) is 7.09. The van der Waals surface area contributed by atoms with Gasteiger partial charge in [0.25, 0.3) is 0 Å². The number of aryl methyl sites for hydroxylation is 2. The molecule has 0 saturated carbocycles. The van der Waals surface area contributed by atoms with Crippen molar-refractivity contribution in [1.29, 1.82) is 0 Å². The number of nitrogens with zero attached hydrogens (tertiary/aromatic N) is 1. The Balaban J connectivity index is 2.24. The number of hydrogen-bond acceptors (Lipinski definition) is 3. The quantitative estimate of drug-likeness (QED) is 0.864. The summed E-state index contributed by atoms with van der Waals surface area (Å²) in [5, 5.41) is 6.67. The van der Waals surface area contributed by atoms with Gasteiger partial charge in [0.05, 0.1) is 10.7 Å². The molecule has 0 amide bonds. The molecular formula is C16H21FN2S. The first-order chi connectivity index (χ1) is 9.60. The normalized spacial score (nSPS) is 12.6. The van der Waals surface area contributed by atoms with E-state index in [1.165, 1.54) is 6.07 Å². The maximum Gasteiger partial charge on any atom is 0.123 e. The van der Waals surface area contributed by atoms with E-state index in [9.17, 15) is 4.39 Å². The Kier molecular flexibility index (Phi) is 5.26. The van der Waals surface area contributed by atoms with Gasteiger partial charge in [0.2, 0.25) is 0 Å². The molecule has 2 aromatic rings. The molecule has 4 heteroatoms. The third-order valence-corrected chi connectivity index (χ3v) is 4.16. The highest BCUT2D eigenvalue weighted by Gasteiger charge is 2.16. The molecule has 20 heavy (non-hydrogen) atoms. The van der Waals surface area contributed by atoms with Gasteiger partial charge in [0.15, 0.2) is 0 Å². The first kappa shape index (κ1) is 15.1. The molecule has 1 unspecified atom stereocenters. The summed E-state index contributed by atoms with van der Waals surface area (Å²) in [5.74, 6) is -0.177. The predicted octanol–water partition coefficient (Wildman–Crippen LogP) is 4.18. The molecule has 0 spiro atoms. The maximum atomic E-state index is 13.5. The SMILES string of the molecule is CCCNC(Cc1csc(C)n1)c1cc(F)ccc1C. The van der Waals surface area contributed by atoms with E-state index in [2.05, 4.69) is 22.6 Å². The third kappa shape index (κ3) is 3.87. The molecule has 1 aromatic carbocycles. The summed E-state index contributed by atoms with van der Waals surface area (Å²) in [4.78, 5) is 4.52. The van der Waals surface area contributed by atoms with Crippen molar-refractivity contribution in [2.45, 2.75) is 39.7 Å². The van der Waals surface area contributed by atoms with Crippen molar-refractivity contribution in [3.8, 4) is 0 Å². The van der Waals surface area contributed by atoms with Gasteiger partial charge in [-0.2, -0.15) is 0 Å². The van der Waals surface area contributed by atoms with Gasteiger partial charge in [-0.15, -0.1) is 11.3 Å². The lowest BCUT2D eigenvalue weighted by atomic mass is 9.97. The molecule has 0 saturated heterocycles. The Labute approximate surface area is 124 Å². The zero-order valence-electron chi connectivity index (χ0n) is 12.2. The van der Waals surface area contributed by atoms with Crippen LogP contribution in [0.1, 0.15) is 41.2 Å². The molecule has 0 radical (unpaired) electrons. The van der Waals surface area contributed by atoms with Crippen LogP contribution in [0.15, 0.2) is 23.6 Å². The molecule has 108 valence electrons. The van der Waals surface area contributed by atoms with E-state index in [1.807, 2.05) is 19.9 Å². The molecule has 0 fully saturated rings. The zero-order chi connectivity index (χ0) is 14.5. The lowest BCUT2D eigenvalue weighted by Gasteiger charge is -2.20. The summed E-state index contributed by atoms with van der Waals surface area (Å²) < 4.78 is 13.5.